The van der Waals surface area contributed by atoms with Gasteiger partial charge >= 0.3 is 0 Å². The van der Waals surface area contributed by atoms with E-state index in [9.17, 15) is 26.8 Å². The number of nitrogens with one attached hydrogen (secondary N) is 3. The minimum absolute atomic E-state index is 0.0466. The van der Waals surface area contributed by atoms with Gasteiger partial charge in [0.2, 0.25) is 21.8 Å². The highest BCUT2D eigenvalue weighted by atomic mass is 32.2. The van der Waals surface area contributed by atoms with E-state index in [0.717, 1.165) is 28.8 Å². The summed E-state index contributed by atoms with van der Waals surface area (Å²) in [7, 11) is -3.83. The Hall–Kier alpha value is -2.85. The van der Waals surface area contributed by atoms with Crippen molar-refractivity contribution in [1.82, 2.24) is 10.0 Å². The first-order valence-electron chi connectivity index (χ1n) is 9.93. The van der Waals surface area contributed by atoms with Crippen molar-refractivity contribution in [1.29, 1.82) is 0 Å². The van der Waals surface area contributed by atoms with Crippen LogP contribution in [0.4, 0.5) is 14.5 Å². The molecule has 174 valence electrons. The average molecular weight is 468 g/mol. The molecular weight excluding hydrogens is 440 g/mol. The Morgan fingerprint density at radius 1 is 0.844 bits per heavy atom. The first kappa shape index (κ1) is 25.4. The van der Waals surface area contributed by atoms with Gasteiger partial charge in [-0.05, 0) is 74.6 Å². The summed E-state index contributed by atoms with van der Waals surface area (Å²) in [5.41, 5.74) is 4.22. The Morgan fingerprint density at radius 2 is 1.41 bits per heavy atom. The third kappa shape index (κ3) is 5.89. The highest BCUT2D eigenvalue weighted by Crippen LogP contribution is 2.29. The van der Waals surface area contributed by atoms with Crippen LogP contribution in [0.5, 0.6) is 0 Å². The van der Waals surface area contributed by atoms with E-state index in [0.29, 0.717) is 11.1 Å². The van der Waals surface area contributed by atoms with Gasteiger partial charge < -0.3 is 10.6 Å². The van der Waals surface area contributed by atoms with Crippen LogP contribution in [0.1, 0.15) is 34.2 Å². The second-order valence-corrected chi connectivity index (χ2v) is 9.26. The molecule has 0 unspecified atom stereocenters. The Balaban J connectivity index is 1.90. The van der Waals surface area contributed by atoms with Crippen LogP contribution in [0.2, 0.25) is 0 Å². The van der Waals surface area contributed by atoms with Crippen molar-refractivity contribution in [2.24, 2.45) is 0 Å². The summed E-state index contributed by atoms with van der Waals surface area (Å²) in [4.78, 5) is 24.0. The molecule has 0 saturated heterocycles. The average Bonchev–Trinajstić information content (AvgIpc) is 2.71. The van der Waals surface area contributed by atoms with Crippen molar-refractivity contribution >= 4 is 27.5 Å². The van der Waals surface area contributed by atoms with Gasteiger partial charge in [-0.3, -0.25) is 9.59 Å². The Bertz CT molecular complexity index is 1140. The summed E-state index contributed by atoms with van der Waals surface area (Å²) < 4.78 is 54.2. The van der Waals surface area contributed by atoms with E-state index in [4.69, 9.17) is 0 Å². The lowest BCUT2D eigenvalue weighted by atomic mass is 9.95. The third-order valence-electron chi connectivity index (χ3n) is 5.49. The highest BCUT2D eigenvalue weighted by molar-refractivity contribution is 7.89. The molecule has 0 aromatic heterocycles. The van der Waals surface area contributed by atoms with Gasteiger partial charge in [-0.15, -0.1) is 0 Å². The number of amides is 2. The fourth-order valence-corrected chi connectivity index (χ4v) is 4.91. The summed E-state index contributed by atoms with van der Waals surface area (Å²) in [6.07, 6.45) is -0.181. The van der Waals surface area contributed by atoms with Crippen LogP contribution in [-0.2, 0) is 19.6 Å². The third-order valence-corrected chi connectivity index (χ3v) is 7.23. The number of anilines is 1. The second-order valence-electron chi connectivity index (χ2n) is 7.56. The van der Waals surface area contributed by atoms with Gasteiger partial charge in [0.15, 0.2) is 11.6 Å². The lowest BCUT2D eigenvalue weighted by Crippen LogP contribution is -2.35. The molecule has 2 aromatic carbocycles. The number of hydrogen-bond acceptors (Lipinski definition) is 4. The maximum Gasteiger partial charge on any atom is 0.243 e. The normalized spacial score (nSPS) is 11.3. The highest BCUT2D eigenvalue weighted by Gasteiger charge is 2.23. The molecule has 0 aliphatic carbocycles. The van der Waals surface area contributed by atoms with E-state index < -0.39 is 40.0 Å². The molecule has 0 aliphatic rings. The van der Waals surface area contributed by atoms with Crippen molar-refractivity contribution in [3.63, 3.8) is 0 Å². The predicted octanol–water partition coefficient (Wildman–Crippen LogP) is 2.93. The number of halogens is 2. The van der Waals surface area contributed by atoms with Crippen LogP contribution in [0.25, 0.3) is 0 Å². The quantitative estimate of drug-likeness (QED) is 0.555. The molecule has 7 nitrogen and oxygen atoms in total. The SMILES string of the molecule is Cc1c(C)c(C)c(S(=O)(=O)NCCC(=O)NCC(=O)Nc2ccc(F)c(F)c2)c(C)c1C. The fourth-order valence-electron chi connectivity index (χ4n) is 3.29. The number of carbonyl (C=O) groups is 2. The van der Waals surface area contributed by atoms with Crippen molar-refractivity contribution < 1.29 is 26.8 Å². The largest absolute Gasteiger partial charge is 0.347 e. The molecular formula is C22H27F2N3O4S. The molecule has 2 rings (SSSR count). The first-order chi connectivity index (χ1) is 14.8. The van der Waals surface area contributed by atoms with Crippen LogP contribution >= 0.6 is 0 Å². The predicted molar refractivity (Wildman–Crippen MR) is 118 cm³/mol. The van der Waals surface area contributed by atoms with Gasteiger partial charge in [0.1, 0.15) is 0 Å². The second kappa shape index (κ2) is 10.2. The Morgan fingerprint density at radius 3 is 1.97 bits per heavy atom. The van der Waals surface area contributed by atoms with E-state index in [-0.39, 0.29) is 23.5 Å². The van der Waals surface area contributed by atoms with E-state index in [1.807, 2.05) is 20.8 Å². The zero-order chi connectivity index (χ0) is 24.2. The lowest BCUT2D eigenvalue weighted by Gasteiger charge is -2.19. The Kier molecular flexibility index (Phi) is 8.08. The van der Waals surface area contributed by atoms with Gasteiger partial charge in [-0.1, -0.05) is 0 Å². The van der Waals surface area contributed by atoms with Crippen LogP contribution < -0.4 is 15.4 Å². The summed E-state index contributed by atoms with van der Waals surface area (Å²) >= 11 is 0. The minimum Gasteiger partial charge on any atom is -0.347 e. The van der Waals surface area contributed by atoms with E-state index >= 15 is 0 Å². The molecule has 0 heterocycles. The number of carbonyl (C=O) groups excluding carboxylic acids is 2. The van der Waals surface area contributed by atoms with Crippen LogP contribution in [-0.4, -0.2) is 33.3 Å². The van der Waals surface area contributed by atoms with Gasteiger partial charge in [-0.25, -0.2) is 21.9 Å². The van der Waals surface area contributed by atoms with E-state index in [1.165, 1.54) is 6.07 Å². The zero-order valence-corrected chi connectivity index (χ0v) is 19.5. The molecule has 0 spiro atoms. The molecule has 10 heteroatoms. The van der Waals surface area contributed by atoms with E-state index in [2.05, 4.69) is 15.4 Å². The molecule has 0 aliphatic heterocycles. The number of hydrogen-bond donors (Lipinski definition) is 3. The molecule has 2 aromatic rings. The minimum atomic E-state index is -3.83. The molecule has 0 radical (unpaired) electrons. The summed E-state index contributed by atoms with van der Waals surface area (Å²) in [5.74, 6) is -3.33. The summed E-state index contributed by atoms with van der Waals surface area (Å²) in [5, 5.41) is 4.67. The van der Waals surface area contributed by atoms with E-state index in [1.54, 1.807) is 13.8 Å². The topological polar surface area (TPSA) is 104 Å². The van der Waals surface area contributed by atoms with Gasteiger partial charge in [-0.2, -0.15) is 0 Å². The summed E-state index contributed by atoms with van der Waals surface area (Å²) in [6, 6.07) is 2.88. The maximum atomic E-state index is 13.2. The number of benzene rings is 2. The molecule has 3 N–H and O–H groups in total. The van der Waals surface area contributed by atoms with Crippen molar-refractivity contribution in [3.8, 4) is 0 Å². The van der Waals surface area contributed by atoms with Crippen LogP contribution in [0.3, 0.4) is 0 Å². The van der Waals surface area contributed by atoms with Crippen molar-refractivity contribution in [3.05, 3.63) is 57.7 Å². The maximum absolute atomic E-state index is 13.2. The van der Waals surface area contributed by atoms with Crippen LogP contribution in [0.15, 0.2) is 23.1 Å². The Labute approximate surface area is 186 Å². The zero-order valence-electron chi connectivity index (χ0n) is 18.7. The molecule has 0 saturated carbocycles. The number of rotatable bonds is 8. The molecule has 2 amide bonds. The number of sulfonamides is 1. The molecule has 0 bridgehead atoms. The van der Waals surface area contributed by atoms with Crippen molar-refractivity contribution in [2.75, 3.05) is 18.4 Å². The van der Waals surface area contributed by atoms with Crippen molar-refractivity contribution in [2.45, 2.75) is 45.9 Å². The van der Waals surface area contributed by atoms with Gasteiger partial charge in [0, 0.05) is 24.7 Å². The monoisotopic (exact) mass is 467 g/mol. The summed E-state index contributed by atoms with van der Waals surface area (Å²) in [6.45, 7) is 8.64. The fraction of sp³-hybridized carbons (Fsp3) is 0.364. The van der Waals surface area contributed by atoms with Gasteiger partial charge in [0.25, 0.3) is 0 Å². The van der Waals surface area contributed by atoms with Crippen LogP contribution in [0, 0.1) is 46.3 Å². The molecule has 32 heavy (non-hydrogen) atoms. The molecule has 0 fully saturated rings. The molecule has 0 atom stereocenters. The first-order valence-corrected chi connectivity index (χ1v) is 11.4. The standard InChI is InChI=1S/C22H27F2N3O4S/c1-12-13(2)15(4)22(16(5)14(12)3)32(30,31)26-9-8-20(28)25-11-21(29)27-17-6-7-18(23)19(24)10-17/h6-7,10,26H,8-9,11H2,1-5H3,(H,25,28)(H,27,29). The smallest absolute Gasteiger partial charge is 0.243 e. The lowest BCUT2D eigenvalue weighted by molar-refractivity contribution is -0.124. The van der Waals surface area contributed by atoms with Gasteiger partial charge in [0.05, 0.1) is 11.4 Å².